The average molecular weight is 288 g/mol. The van der Waals surface area contributed by atoms with Gasteiger partial charge in [0.05, 0.1) is 18.1 Å². The van der Waals surface area contributed by atoms with Crippen LogP contribution in [0.25, 0.3) is 0 Å². The second-order valence-corrected chi connectivity index (χ2v) is 3.01. The Morgan fingerprint density at radius 1 is 1.42 bits per heavy atom. The molecule has 0 N–H and O–H groups in total. The van der Waals surface area contributed by atoms with Gasteiger partial charge >= 0.3 is 17.9 Å². The van der Waals surface area contributed by atoms with Crippen molar-refractivity contribution in [3.05, 3.63) is 21.9 Å². The van der Waals surface area contributed by atoms with Gasteiger partial charge in [-0.25, -0.2) is 13.8 Å². The number of halogens is 5. The summed E-state index contributed by atoms with van der Waals surface area (Å²) in [6, 6.07) is 0.384. The molecule has 0 saturated heterocycles. The Morgan fingerprint density at radius 2 is 2.00 bits per heavy atom. The first-order valence-corrected chi connectivity index (χ1v) is 4.43. The van der Waals surface area contributed by atoms with Crippen LogP contribution in [-0.2, 0) is 0 Å². The highest BCUT2D eigenvalue weighted by Gasteiger charge is 2.37. The van der Waals surface area contributed by atoms with Gasteiger partial charge in [0.2, 0.25) is 0 Å². The van der Waals surface area contributed by atoms with Crippen molar-refractivity contribution in [3.8, 4) is 11.6 Å². The molecule has 0 aromatic carbocycles. The number of rotatable bonds is 4. The number of nitro groups is 1. The van der Waals surface area contributed by atoms with Crippen molar-refractivity contribution in [1.29, 1.82) is 0 Å². The lowest BCUT2D eigenvalue weighted by Gasteiger charge is -2.11. The predicted octanol–water partition coefficient (Wildman–Crippen LogP) is 2.83. The molecule has 0 amide bonds. The summed E-state index contributed by atoms with van der Waals surface area (Å²) in [5, 5.41) is 10.5. The van der Waals surface area contributed by atoms with Crippen LogP contribution in [0.2, 0.25) is 0 Å². The first-order chi connectivity index (χ1) is 8.65. The maximum Gasteiger partial charge on any atom is 0.574 e. The van der Waals surface area contributed by atoms with E-state index in [0.717, 1.165) is 7.11 Å². The fourth-order valence-corrected chi connectivity index (χ4v) is 1.12. The minimum absolute atomic E-state index is 0.384. The molecule has 106 valence electrons. The molecule has 11 heteroatoms. The third-order valence-electron chi connectivity index (χ3n) is 1.80. The van der Waals surface area contributed by atoms with Crippen molar-refractivity contribution in [2.75, 3.05) is 7.11 Å². The smallest absolute Gasteiger partial charge is 0.494 e. The molecule has 0 aliphatic heterocycles. The second-order valence-electron chi connectivity index (χ2n) is 3.01. The number of pyridine rings is 1. The molecule has 6 nitrogen and oxygen atoms in total. The van der Waals surface area contributed by atoms with Crippen LogP contribution in [0, 0.1) is 10.1 Å². The summed E-state index contributed by atoms with van der Waals surface area (Å²) < 4.78 is 68.7. The topological polar surface area (TPSA) is 74.5 Å². The summed E-state index contributed by atoms with van der Waals surface area (Å²) in [4.78, 5) is 12.1. The molecule has 0 unspecified atom stereocenters. The van der Waals surface area contributed by atoms with Gasteiger partial charge in [-0.3, -0.25) is 10.1 Å². The van der Waals surface area contributed by atoms with Gasteiger partial charge in [0, 0.05) is 0 Å². The lowest BCUT2D eigenvalue weighted by molar-refractivity contribution is -0.389. The van der Waals surface area contributed by atoms with E-state index < -0.39 is 40.7 Å². The standard InChI is InChI=1S/C8H5F5N2O4/c1-18-4-2-3(15(16)17)7(19-8(11,12)13)14-5(4)6(9)10/h2,6H,1H3. The van der Waals surface area contributed by atoms with Crippen LogP contribution in [0.4, 0.5) is 27.6 Å². The molecule has 0 radical (unpaired) electrons. The van der Waals surface area contributed by atoms with E-state index in [2.05, 4.69) is 14.5 Å². The van der Waals surface area contributed by atoms with E-state index >= 15 is 0 Å². The van der Waals surface area contributed by atoms with Crippen LogP contribution < -0.4 is 9.47 Å². The highest BCUT2D eigenvalue weighted by Crippen LogP contribution is 2.37. The Balaban J connectivity index is 3.41. The van der Waals surface area contributed by atoms with Crippen molar-refractivity contribution >= 4 is 5.69 Å². The van der Waals surface area contributed by atoms with Crippen molar-refractivity contribution < 1.29 is 36.3 Å². The van der Waals surface area contributed by atoms with Crippen LogP contribution in [0.3, 0.4) is 0 Å². The molecule has 0 fully saturated rings. The van der Waals surface area contributed by atoms with E-state index in [0.29, 0.717) is 6.07 Å². The van der Waals surface area contributed by atoms with E-state index in [1.54, 1.807) is 0 Å². The van der Waals surface area contributed by atoms with Gasteiger partial charge in [0.25, 0.3) is 6.43 Å². The Kier molecular flexibility index (Phi) is 4.07. The van der Waals surface area contributed by atoms with Crippen LogP contribution in [0.15, 0.2) is 6.07 Å². The SMILES string of the molecule is COc1cc([N+](=O)[O-])c(OC(F)(F)F)nc1C(F)F. The molecule has 0 aliphatic rings. The van der Waals surface area contributed by atoms with Gasteiger partial charge in [-0.15, -0.1) is 13.2 Å². The fraction of sp³-hybridized carbons (Fsp3) is 0.375. The molecule has 0 atom stereocenters. The summed E-state index contributed by atoms with van der Waals surface area (Å²) in [5.74, 6) is -2.29. The zero-order valence-electron chi connectivity index (χ0n) is 9.07. The van der Waals surface area contributed by atoms with Gasteiger partial charge in [-0.2, -0.15) is 0 Å². The molecule has 1 aromatic rings. The maximum atomic E-state index is 12.5. The van der Waals surface area contributed by atoms with Crippen LogP contribution in [0.1, 0.15) is 12.1 Å². The average Bonchev–Trinajstić information content (AvgIpc) is 2.25. The summed E-state index contributed by atoms with van der Waals surface area (Å²) >= 11 is 0. The lowest BCUT2D eigenvalue weighted by atomic mass is 10.3. The molecule has 0 bridgehead atoms. The van der Waals surface area contributed by atoms with E-state index in [9.17, 15) is 32.1 Å². The molecule has 1 heterocycles. The summed E-state index contributed by atoms with van der Waals surface area (Å²) in [7, 11) is 0.914. The van der Waals surface area contributed by atoms with Gasteiger partial charge in [-0.05, 0) is 0 Å². The van der Waals surface area contributed by atoms with Crippen LogP contribution in [-0.4, -0.2) is 23.4 Å². The number of ether oxygens (including phenoxy) is 2. The quantitative estimate of drug-likeness (QED) is 0.484. The zero-order valence-corrected chi connectivity index (χ0v) is 9.07. The van der Waals surface area contributed by atoms with E-state index in [-0.39, 0.29) is 0 Å². The van der Waals surface area contributed by atoms with Crippen molar-refractivity contribution in [1.82, 2.24) is 4.98 Å². The molecule has 1 rings (SSSR count). The Morgan fingerprint density at radius 3 is 2.37 bits per heavy atom. The lowest BCUT2D eigenvalue weighted by Crippen LogP contribution is -2.19. The molecule has 19 heavy (non-hydrogen) atoms. The van der Waals surface area contributed by atoms with Gasteiger partial charge < -0.3 is 9.47 Å². The van der Waals surface area contributed by atoms with E-state index in [1.807, 2.05) is 0 Å². The van der Waals surface area contributed by atoms with Gasteiger partial charge in [0.15, 0.2) is 11.4 Å². The maximum absolute atomic E-state index is 12.5. The number of methoxy groups -OCH3 is 1. The Hall–Kier alpha value is -2.20. The summed E-state index contributed by atoms with van der Waals surface area (Å²) in [6.07, 6.45) is -8.59. The Bertz CT molecular complexity index is 491. The van der Waals surface area contributed by atoms with Gasteiger partial charge in [-0.1, -0.05) is 0 Å². The molecular formula is C8H5F5N2O4. The number of nitrogens with zero attached hydrogens (tertiary/aromatic N) is 2. The molecule has 0 spiro atoms. The monoisotopic (exact) mass is 288 g/mol. The number of hydrogen-bond donors (Lipinski definition) is 0. The molecule has 1 aromatic heterocycles. The molecular weight excluding hydrogens is 283 g/mol. The van der Waals surface area contributed by atoms with Gasteiger partial charge in [0.1, 0.15) is 0 Å². The van der Waals surface area contributed by atoms with Crippen LogP contribution in [0.5, 0.6) is 11.6 Å². The van der Waals surface area contributed by atoms with Crippen molar-refractivity contribution in [2.24, 2.45) is 0 Å². The van der Waals surface area contributed by atoms with Crippen molar-refractivity contribution in [3.63, 3.8) is 0 Å². The fourth-order valence-electron chi connectivity index (χ4n) is 1.12. The Labute approximate surface area is 101 Å². The van der Waals surface area contributed by atoms with E-state index in [4.69, 9.17) is 0 Å². The number of aromatic nitrogens is 1. The minimum Gasteiger partial charge on any atom is -0.494 e. The third kappa shape index (κ3) is 3.63. The highest BCUT2D eigenvalue weighted by atomic mass is 19.4. The number of hydrogen-bond acceptors (Lipinski definition) is 5. The summed E-state index contributed by atoms with van der Waals surface area (Å²) in [5.41, 5.74) is -2.43. The normalized spacial score (nSPS) is 11.5. The molecule has 0 saturated carbocycles. The van der Waals surface area contributed by atoms with Crippen LogP contribution >= 0.6 is 0 Å². The van der Waals surface area contributed by atoms with Crippen molar-refractivity contribution in [2.45, 2.75) is 12.8 Å². The largest absolute Gasteiger partial charge is 0.574 e. The van der Waals surface area contributed by atoms with E-state index in [1.165, 1.54) is 0 Å². The third-order valence-corrected chi connectivity index (χ3v) is 1.80. The first kappa shape index (κ1) is 14.9. The first-order valence-electron chi connectivity index (χ1n) is 4.43. The minimum atomic E-state index is -5.30. The zero-order chi connectivity index (χ0) is 14.8. The second kappa shape index (κ2) is 5.20. The highest BCUT2D eigenvalue weighted by molar-refractivity contribution is 5.49. The number of alkyl halides is 5. The predicted molar refractivity (Wildman–Crippen MR) is 49.1 cm³/mol. The summed E-state index contributed by atoms with van der Waals surface area (Å²) in [6.45, 7) is 0. The molecule has 0 aliphatic carbocycles.